The van der Waals surface area contributed by atoms with Crippen LogP contribution in [0, 0.1) is 0 Å². The van der Waals surface area contributed by atoms with Crippen LogP contribution in [0.5, 0.6) is 0 Å². The SMILES string of the molecule is C1=C(c2c[nH]c3ccccc23)CC2CCCN2C1. The van der Waals surface area contributed by atoms with Crippen LogP contribution in [-0.2, 0) is 0 Å². The normalized spacial score (nSPS) is 24.2. The summed E-state index contributed by atoms with van der Waals surface area (Å²) in [6, 6.07) is 9.40. The Balaban J connectivity index is 1.75. The maximum Gasteiger partial charge on any atom is 0.0460 e. The maximum atomic E-state index is 3.39. The van der Waals surface area contributed by atoms with Crippen molar-refractivity contribution in [1.82, 2.24) is 9.88 Å². The zero-order valence-corrected chi connectivity index (χ0v) is 10.5. The lowest BCUT2D eigenvalue weighted by Gasteiger charge is -2.29. The first-order chi connectivity index (χ1) is 8.92. The smallest absolute Gasteiger partial charge is 0.0460 e. The van der Waals surface area contributed by atoms with Gasteiger partial charge >= 0.3 is 0 Å². The molecule has 0 radical (unpaired) electrons. The maximum absolute atomic E-state index is 3.39. The average Bonchev–Trinajstić information content (AvgIpc) is 3.04. The zero-order valence-electron chi connectivity index (χ0n) is 10.5. The highest BCUT2D eigenvalue weighted by Gasteiger charge is 2.28. The van der Waals surface area contributed by atoms with Crippen molar-refractivity contribution in [3.8, 4) is 0 Å². The van der Waals surface area contributed by atoms with E-state index in [1.807, 2.05) is 0 Å². The number of nitrogens with zero attached hydrogens (tertiary/aromatic N) is 1. The van der Waals surface area contributed by atoms with Gasteiger partial charge in [-0.15, -0.1) is 0 Å². The van der Waals surface area contributed by atoms with E-state index in [0.29, 0.717) is 0 Å². The van der Waals surface area contributed by atoms with Gasteiger partial charge in [-0.05, 0) is 37.4 Å². The van der Waals surface area contributed by atoms with Crippen molar-refractivity contribution < 1.29 is 0 Å². The molecule has 2 aromatic rings. The number of aromatic nitrogens is 1. The Morgan fingerprint density at radius 2 is 2.17 bits per heavy atom. The summed E-state index contributed by atoms with van der Waals surface area (Å²) in [6.45, 7) is 2.43. The van der Waals surface area contributed by atoms with Crippen molar-refractivity contribution in [2.75, 3.05) is 13.1 Å². The summed E-state index contributed by atoms with van der Waals surface area (Å²) in [6.07, 6.45) is 8.58. The molecule has 0 bridgehead atoms. The van der Waals surface area contributed by atoms with E-state index >= 15 is 0 Å². The minimum atomic E-state index is 0.790. The Bertz CT molecular complexity index is 608. The van der Waals surface area contributed by atoms with Gasteiger partial charge in [0.25, 0.3) is 0 Å². The fraction of sp³-hybridized carbons (Fsp3) is 0.375. The van der Waals surface area contributed by atoms with E-state index in [4.69, 9.17) is 0 Å². The first-order valence-electron chi connectivity index (χ1n) is 6.91. The molecule has 2 aliphatic rings. The summed E-state index contributed by atoms with van der Waals surface area (Å²) in [5, 5.41) is 1.37. The molecule has 1 unspecified atom stereocenters. The number of hydrogen-bond acceptors (Lipinski definition) is 1. The van der Waals surface area contributed by atoms with Gasteiger partial charge in [0.2, 0.25) is 0 Å². The molecule has 0 aliphatic carbocycles. The molecule has 1 fully saturated rings. The molecular formula is C16H18N2. The van der Waals surface area contributed by atoms with Crippen molar-refractivity contribution in [1.29, 1.82) is 0 Å². The van der Waals surface area contributed by atoms with Crippen molar-refractivity contribution in [2.45, 2.75) is 25.3 Å². The lowest BCUT2D eigenvalue weighted by molar-refractivity contribution is 0.275. The van der Waals surface area contributed by atoms with E-state index < -0.39 is 0 Å². The van der Waals surface area contributed by atoms with E-state index in [0.717, 1.165) is 12.6 Å². The van der Waals surface area contributed by atoms with E-state index in [9.17, 15) is 0 Å². The van der Waals surface area contributed by atoms with Gasteiger partial charge in [-0.25, -0.2) is 0 Å². The van der Waals surface area contributed by atoms with E-state index in [1.165, 1.54) is 47.8 Å². The molecule has 1 atom stereocenters. The van der Waals surface area contributed by atoms with Gasteiger partial charge in [0, 0.05) is 35.2 Å². The lowest BCUT2D eigenvalue weighted by Crippen LogP contribution is -2.32. The number of hydrogen-bond donors (Lipinski definition) is 1. The second-order valence-electron chi connectivity index (χ2n) is 5.47. The third kappa shape index (κ3) is 1.52. The van der Waals surface area contributed by atoms with Crippen LogP contribution in [0.1, 0.15) is 24.8 Å². The lowest BCUT2D eigenvalue weighted by atomic mass is 9.94. The highest BCUT2D eigenvalue weighted by Crippen LogP contribution is 2.34. The summed E-state index contributed by atoms with van der Waals surface area (Å²) in [4.78, 5) is 6.01. The van der Waals surface area contributed by atoms with Gasteiger partial charge in [0.05, 0.1) is 0 Å². The molecule has 0 saturated carbocycles. The Morgan fingerprint density at radius 1 is 1.22 bits per heavy atom. The summed E-state index contributed by atoms with van der Waals surface area (Å²) in [5.74, 6) is 0. The van der Waals surface area contributed by atoms with Gasteiger partial charge in [-0.1, -0.05) is 24.3 Å². The molecule has 18 heavy (non-hydrogen) atoms. The van der Waals surface area contributed by atoms with Crippen LogP contribution in [0.4, 0.5) is 0 Å². The summed E-state index contributed by atoms with van der Waals surface area (Å²) in [7, 11) is 0. The van der Waals surface area contributed by atoms with E-state index in [2.05, 4.69) is 46.4 Å². The molecule has 0 amide bonds. The molecule has 4 rings (SSSR count). The third-order valence-corrected chi connectivity index (χ3v) is 4.46. The van der Waals surface area contributed by atoms with Crippen molar-refractivity contribution in [2.24, 2.45) is 0 Å². The van der Waals surface area contributed by atoms with Crippen molar-refractivity contribution >= 4 is 16.5 Å². The minimum absolute atomic E-state index is 0.790. The fourth-order valence-corrected chi connectivity index (χ4v) is 3.49. The van der Waals surface area contributed by atoms with Crippen LogP contribution < -0.4 is 0 Å². The molecule has 0 spiro atoms. The van der Waals surface area contributed by atoms with E-state index in [-0.39, 0.29) is 0 Å². The Morgan fingerprint density at radius 3 is 3.17 bits per heavy atom. The number of para-hydroxylation sites is 1. The molecule has 1 N–H and O–H groups in total. The average molecular weight is 238 g/mol. The second-order valence-corrected chi connectivity index (χ2v) is 5.47. The quantitative estimate of drug-likeness (QED) is 0.806. The predicted molar refractivity (Wildman–Crippen MR) is 75.5 cm³/mol. The molecule has 1 aromatic carbocycles. The number of benzene rings is 1. The van der Waals surface area contributed by atoms with Crippen LogP contribution >= 0.6 is 0 Å². The number of aromatic amines is 1. The molecular weight excluding hydrogens is 220 g/mol. The topological polar surface area (TPSA) is 19.0 Å². The standard InChI is InChI=1S/C16H18N2/c1-2-6-16-14(5-1)15(11-17-16)12-7-9-18-8-3-4-13(18)10-12/h1-2,5-7,11,13,17H,3-4,8-10H2. The van der Waals surface area contributed by atoms with E-state index in [1.54, 1.807) is 0 Å². The van der Waals surface area contributed by atoms with Crippen LogP contribution in [-0.4, -0.2) is 29.0 Å². The number of nitrogens with one attached hydrogen (secondary N) is 1. The summed E-state index contributed by atoms with van der Waals surface area (Å²) < 4.78 is 0. The Labute approximate surface area is 107 Å². The minimum Gasteiger partial charge on any atom is -0.361 e. The highest BCUT2D eigenvalue weighted by molar-refractivity contribution is 5.92. The molecule has 3 heterocycles. The summed E-state index contributed by atoms with van der Waals surface area (Å²) >= 11 is 0. The number of H-pyrrole nitrogens is 1. The van der Waals surface area contributed by atoms with Gasteiger partial charge in [-0.3, -0.25) is 4.90 Å². The van der Waals surface area contributed by atoms with Gasteiger partial charge in [0.1, 0.15) is 0 Å². The monoisotopic (exact) mass is 238 g/mol. The fourth-order valence-electron chi connectivity index (χ4n) is 3.49. The Hall–Kier alpha value is -1.54. The molecule has 92 valence electrons. The van der Waals surface area contributed by atoms with Gasteiger partial charge < -0.3 is 4.98 Å². The largest absolute Gasteiger partial charge is 0.361 e. The van der Waals surface area contributed by atoms with Crippen LogP contribution in [0.25, 0.3) is 16.5 Å². The van der Waals surface area contributed by atoms with Crippen LogP contribution in [0.3, 0.4) is 0 Å². The Kier molecular flexibility index (Phi) is 2.30. The third-order valence-electron chi connectivity index (χ3n) is 4.46. The summed E-state index contributed by atoms with van der Waals surface area (Å²) in [5.41, 5.74) is 4.20. The number of rotatable bonds is 1. The highest BCUT2D eigenvalue weighted by atomic mass is 15.2. The van der Waals surface area contributed by atoms with Gasteiger partial charge in [0.15, 0.2) is 0 Å². The number of fused-ring (bicyclic) bond motifs is 2. The molecule has 2 heteroatoms. The van der Waals surface area contributed by atoms with Crippen molar-refractivity contribution in [3.05, 3.63) is 42.1 Å². The molecule has 1 aromatic heterocycles. The first kappa shape index (κ1) is 10.4. The van der Waals surface area contributed by atoms with Gasteiger partial charge in [-0.2, -0.15) is 0 Å². The van der Waals surface area contributed by atoms with Crippen LogP contribution in [0.2, 0.25) is 0 Å². The zero-order chi connectivity index (χ0) is 11.9. The molecule has 2 aliphatic heterocycles. The van der Waals surface area contributed by atoms with Crippen molar-refractivity contribution in [3.63, 3.8) is 0 Å². The predicted octanol–water partition coefficient (Wildman–Crippen LogP) is 3.42. The second kappa shape index (κ2) is 3.99. The molecule has 1 saturated heterocycles. The molecule has 2 nitrogen and oxygen atoms in total. The van der Waals surface area contributed by atoms with Crippen LogP contribution in [0.15, 0.2) is 36.5 Å². The first-order valence-corrected chi connectivity index (χ1v) is 6.91.